The summed E-state index contributed by atoms with van der Waals surface area (Å²) in [5.41, 5.74) is -0.379. The fourth-order valence-corrected chi connectivity index (χ4v) is 4.29. The lowest BCUT2D eigenvalue weighted by Crippen LogP contribution is -2.18. The Morgan fingerprint density at radius 2 is 1.36 bits per heavy atom. The first-order valence-electron chi connectivity index (χ1n) is 11.8. The average Bonchev–Trinajstić information content (AvgIpc) is 2.95. The average molecular weight is 537 g/mol. The van der Waals surface area contributed by atoms with Crippen molar-refractivity contribution in [2.45, 2.75) is 12.3 Å². The Morgan fingerprint density at radius 1 is 0.718 bits per heavy atom. The van der Waals surface area contributed by atoms with E-state index in [4.69, 9.17) is 32.5 Å². The smallest absolute Gasteiger partial charge is 0.343 e. The van der Waals surface area contributed by atoms with Gasteiger partial charge in [0.15, 0.2) is 23.0 Å². The summed E-state index contributed by atoms with van der Waals surface area (Å²) in [6.45, 7) is 0. The lowest BCUT2D eigenvalue weighted by Gasteiger charge is -2.18. The molecule has 0 radical (unpaired) electrons. The zero-order valence-electron chi connectivity index (χ0n) is 22.1. The summed E-state index contributed by atoms with van der Waals surface area (Å²) in [5.74, 6) is 1.11. The summed E-state index contributed by atoms with van der Waals surface area (Å²) < 4.78 is 37.7. The van der Waals surface area contributed by atoms with Gasteiger partial charge in [-0.15, -0.1) is 0 Å². The van der Waals surface area contributed by atoms with Crippen LogP contribution in [-0.4, -0.2) is 40.7 Å². The van der Waals surface area contributed by atoms with Crippen molar-refractivity contribution in [3.05, 3.63) is 92.3 Å². The van der Waals surface area contributed by atoms with Gasteiger partial charge in [-0.1, -0.05) is 6.07 Å². The van der Waals surface area contributed by atoms with Crippen molar-refractivity contribution in [3.8, 4) is 45.8 Å². The molecule has 0 fully saturated rings. The van der Waals surface area contributed by atoms with Crippen LogP contribution in [0.2, 0.25) is 0 Å². The number of rotatable bonds is 10. The van der Waals surface area contributed by atoms with Crippen molar-refractivity contribution in [1.82, 2.24) is 0 Å². The molecule has 0 saturated carbocycles. The molecule has 0 aliphatic rings. The second-order valence-corrected chi connectivity index (χ2v) is 8.43. The second-order valence-electron chi connectivity index (χ2n) is 8.43. The van der Waals surface area contributed by atoms with Crippen molar-refractivity contribution in [2.75, 3.05) is 35.5 Å². The van der Waals surface area contributed by atoms with Crippen molar-refractivity contribution in [3.63, 3.8) is 0 Å². The van der Waals surface area contributed by atoms with E-state index in [9.17, 15) is 14.7 Å². The molecule has 0 spiro atoms. The van der Waals surface area contributed by atoms with Gasteiger partial charge in [0, 0.05) is 17.7 Å². The molecule has 204 valence electrons. The Labute approximate surface area is 223 Å². The fraction of sp³-hybridized carbons (Fsp3) is 0.241. The molecule has 1 atom stereocenters. The van der Waals surface area contributed by atoms with Gasteiger partial charge in [0.25, 0.3) is 0 Å². The van der Waals surface area contributed by atoms with Crippen LogP contribution in [0, 0.1) is 0 Å². The maximum absolute atomic E-state index is 13.4. The van der Waals surface area contributed by atoms with E-state index in [0.717, 1.165) is 0 Å². The zero-order chi connectivity index (χ0) is 28.1. The molecular formula is C29H28O10. The van der Waals surface area contributed by atoms with Gasteiger partial charge >= 0.3 is 11.3 Å². The standard InChI is InChI=1S/C29H28O10/c1-33-18-13-24(38-27(31)14-18)19(10-16-6-8-21(34-2)25(11-16)36-4)28-20(30)15-23(39-29(28)32)17-7-9-22(35-3)26(12-17)37-5/h6-9,11-15,19,30H,10H2,1-5H3. The minimum absolute atomic E-state index is 0.0922. The molecular weight excluding hydrogens is 508 g/mol. The molecule has 1 unspecified atom stereocenters. The quantitative estimate of drug-likeness (QED) is 0.312. The van der Waals surface area contributed by atoms with Crippen LogP contribution >= 0.6 is 0 Å². The molecule has 2 heterocycles. The van der Waals surface area contributed by atoms with Crippen LogP contribution < -0.4 is 34.9 Å². The highest BCUT2D eigenvalue weighted by Gasteiger charge is 2.28. The highest BCUT2D eigenvalue weighted by atomic mass is 16.5. The van der Waals surface area contributed by atoms with Gasteiger partial charge in [0.05, 0.1) is 53.1 Å². The van der Waals surface area contributed by atoms with E-state index in [1.54, 1.807) is 36.4 Å². The highest BCUT2D eigenvalue weighted by Crippen LogP contribution is 2.38. The summed E-state index contributed by atoms with van der Waals surface area (Å²) >= 11 is 0. The van der Waals surface area contributed by atoms with Gasteiger partial charge in [0.2, 0.25) is 0 Å². The maximum atomic E-state index is 13.4. The van der Waals surface area contributed by atoms with Gasteiger partial charge in [-0.2, -0.15) is 0 Å². The summed E-state index contributed by atoms with van der Waals surface area (Å²) in [5, 5.41) is 11.1. The van der Waals surface area contributed by atoms with Crippen molar-refractivity contribution in [1.29, 1.82) is 0 Å². The minimum atomic E-state index is -0.915. The van der Waals surface area contributed by atoms with Crippen LogP contribution in [-0.2, 0) is 6.42 Å². The minimum Gasteiger partial charge on any atom is -0.507 e. The first-order valence-corrected chi connectivity index (χ1v) is 11.8. The van der Waals surface area contributed by atoms with Crippen LogP contribution in [0.3, 0.4) is 0 Å². The van der Waals surface area contributed by atoms with Gasteiger partial charge in [-0.3, -0.25) is 0 Å². The largest absolute Gasteiger partial charge is 0.507 e. The van der Waals surface area contributed by atoms with E-state index in [1.807, 2.05) is 0 Å². The van der Waals surface area contributed by atoms with Crippen LogP contribution in [0.15, 0.2) is 73.0 Å². The Hall–Kier alpha value is -4.86. The molecule has 4 rings (SSSR count). The van der Waals surface area contributed by atoms with Crippen LogP contribution in [0.1, 0.15) is 22.8 Å². The molecule has 0 aliphatic heterocycles. The molecule has 0 saturated heterocycles. The predicted molar refractivity (Wildman–Crippen MR) is 142 cm³/mol. The third kappa shape index (κ3) is 5.69. The summed E-state index contributed by atoms with van der Waals surface area (Å²) in [7, 11) is 7.43. The molecule has 0 amide bonds. The van der Waals surface area contributed by atoms with E-state index < -0.39 is 17.2 Å². The lowest BCUT2D eigenvalue weighted by atomic mass is 9.89. The van der Waals surface area contributed by atoms with E-state index >= 15 is 0 Å². The van der Waals surface area contributed by atoms with Gasteiger partial charge in [0.1, 0.15) is 23.0 Å². The Bertz CT molecular complexity index is 1580. The summed E-state index contributed by atoms with van der Waals surface area (Å²) in [6.07, 6.45) is 0.143. The van der Waals surface area contributed by atoms with Crippen LogP contribution in [0.4, 0.5) is 0 Å². The molecule has 10 nitrogen and oxygen atoms in total. The number of hydrogen-bond acceptors (Lipinski definition) is 10. The van der Waals surface area contributed by atoms with E-state index in [1.165, 1.54) is 53.7 Å². The molecule has 10 heteroatoms. The van der Waals surface area contributed by atoms with Crippen LogP contribution in [0.5, 0.6) is 34.5 Å². The molecule has 0 bridgehead atoms. The molecule has 2 aromatic carbocycles. The van der Waals surface area contributed by atoms with Gasteiger partial charge in [-0.25, -0.2) is 9.59 Å². The third-order valence-corrected chi connectivity index (χ3v) is 6.21. The first-order chi connectivity index (χ1) is 18.8. The summed E-state index contributed by atoms with van der Waals surface area (Å²) in [4.78, 5) is 25.7. The third-order valence-electron chi connectivity index (χ3n) is 6.21. The number of benzene rings is 2. The van der Waals surface area contributed by atoms with Gasteiger partial charge in [-0.05, 0) is 42.3 Å². The number of methoxy groups -OCH3 is 5. The Morgan fingerprint density at radius 3 is 1.97 bits per heavy atom. The topological polar surface area (TPSA) is 127 Å². The second kappa shape index (κ2) is 11.7. The number of ether oxygens (including phenoxy) is 5. The Kier molecular flexibility index (Phi) is 8.14. The molecule has 0 aliphatic carbocycles. The maximum Gasteiger partial charge on any atom is 0.343 e. The Balaban J connectivity index is 1.85. The molecule has 39 heavy (non-hydrogen) atoms. The normalized spacial score (nSPS) is 11.5. The molecule has 1 N–H and O–H groups in total. The summed E-state index contributed by atoms with van der Waals surface area (Å²) in [6, 6.07) is 14.2. The van der Waals surface area contributed by atoms with Crippen molar-refractivity contribution >= 4 is 0 Å². The van der Waals surface area contributed by atoms with Crippen LogP contribution in [0.25, 0.3) is 11.3 Å². The predicted octanol–water partition coefficient (Wildman–Crippen LogP) is 4.38. The van der Waals surface area contributed by atoms with Gasteiger partial charge < -0.3 is 37.6 Å². The first kappa shape index (κ1) is 27.2. The highest BCUT2D eigenvalue weighted by molar-refractivity contribution is 5.64. The number of aromatic hydroxyl groups is 1. The lowest BCUT2D eigenvalue weighted by molar-refractivity contribution is 0.354. The van der Waals surface area contributed by atoms with E-state index in [0.29, 0.717) is 34.1 Å². The van der Waals surface area contributed by atoms with E-state index in [-0.39, 0.29) is 35.0 Å². The van der Waals surface area contributed by atoms with Crippen molar-refractivity contribution < 1.29 is 37.6 Å². The van der Waals surface area contributed by atoms with E-state index in [2.05, 4.69) is 0 Å². The molecule has 4 aromatic rings. The van der Waals surface area contributed by atoms with Crippen molar-refractivity contribution in [2.24, 2.45) is 0 Å². The monoisotopic (exact) mass is 536 g/mol. The fourth-order valence-electron chi connectivity index (χ4n) is 4.29. The zero-order valence-corrected chi connectivity index (χ0v) is 22.1. The SMILES string of the molecule is COc1cc(C(Cc2ccc(OC)c(OC)c2)c2c(O)cc(-c3ccc(OC)c(OC)c3)oc2=O)oc(=O)c1. The number of hydrogen-bond donors (Lipinski definition) is 1. The molecule has 2 aromatic heterocycles.